The SMILES string of the molecule is CC(=O)NC1=NN(c2ccccc2)C(=O)[C@H]1N=Nc1ccc(N(C)C)cc1. The lowest BCUT2D eigenvalue weighted by Gasteiger charge is -2.12. The third kappa shape index (κ3) is 4.17. The van der Waals surface area contributed by atoms with Crippen LogP contribution in [0.2, 0.25) is 0 Å². The molecule has 0 aromatic heterocycles. The van der Waals surface area contributed by atoms with Crippen molar-refractivity contribution in [3.05, 3.63) is 54.6 Å². The van der Waals surface area contributed by atoms with Crippen molar-refractivity contribution in [3.8, 4) is 0 Å². The molecule has 1 N–H and O–H groups in total. The van der Waals surface area contributed by atoms with Crippen molar-refractivity contribution in [3.63, 3.8) is 0 Å². The lowest BCUT2D eigenvalue weighted by molar-refractivity contribution is -0.117. The minimum absolute atomic E-state index is 0.157. The molecule has 1 atom stereocenters. The van der Waals surface area contributed by atoms with E-state index in [9.17, 15) is 9.59 Å². The van der Waals surface area contributed by atoms with Crippen molar-refractivity contribution in [2.75, 3.05) is 24.0 Å². The predicted molar refractivity (Wildman–Crippen MR) is 104 cm³/mol. The number of azo groups is 1. The Morgan fingerprint density at radius 1 is 1.11 bits per heavy atom. The van der Waals surface area contributed by atoms with Crippen molar-refractivity contribution in [2.45, 2.75) is 13.0 Å². The van der Waals surface area contributed by atoms with E-state index in [1.807, 2.05) is 49.3 Å². The summed E-state index contributed by atoms with van der Waals surface area (Å²) >= 11 is 0. The number of nitrogens with zero attached hydrogens (tertiary/aromatic N) is 5. The molecule has 1 heterocycles. The van der Waals surface area contributed by atoms with Crippen molar-refractivity contribution in [1.29, 1.82) is 0 Å². The third-order valence-electron chi connectivity index (χ3n) is 3.87. The van der Waals surface area contributed by atoms with Crippen LogP contribution in [0.4, 0.5) is 17.1 Å². The molecule has 0 spiro atoms. The average Bonchev–Trinajstić information content (AvgIpc) is 2.96. The van der Waals surface area contributed by atoms with Crippen LogP contribution in [0.3, 0.4) is 0 Å². The molecule has 0 saturated heterocycles. The first-order valence-corrected chi connectivity index (χ1v) is 8.39. The summed E-state index contributed by atoms with van der Waals surface area (Å²) in [5, 5.41) is 16.3. The second kappa shape index (κ2) is 7.77. The number of anilines is 2. The van der Waals surface area contributed by atoms with Gasteiger partial charge in [0.2, 0.25) is 11.9 Å². The number of hydrogen-bond donors (Lipinski definition) is 1. The van der Waals surface area contributed by atoms with Gasteiger partial charge in [-0.2, -0.15) is 15.2 Å². The first-order valence-electron chi connectivity index (χ1n) is 8.39. The molecule has 0 aliphatic carbocycles. The molecule has 3 rings (SSSR count). The van der Waals surface area contributed by atoms with E-state index in [2.05, 4.69) is 20.6 Å². The van der Waals surface area contributed by atoms with Gasteiger partial charge in [-0.25, -0.2) is 0 Å². The average molecular weight is 364 g/mol. The molecule has 2 amide bonds. The van der Waals surface area contributed by atoms with Crippen LogP contribution in [0, 0.1) is 0 Å². The van der Waals surface area contributed by atoms with Gasteiger partial charge >= 0.3 is 0 Å². The molecule has 8 nitrogen and oxygen atoms in total. The van der Waals surface area contributed by atoms with Crippen LogP contribution < -0.4 is 15.2 Å². The number of carbonyl (C=O) groups excluding carboxylic acids is 2. The molecular weight excluding hydrogens is 344 g/mol. The summed E-state index contributed by atoms with van der Waals surface area (Å²) in [5.41, 5.74) is 2.23. The Kier molecular flexibility index (Phi) is 5.25. The summed E-state index contributed by atoms with van der Waals surface area (Å²) < 4.78 is 0. The fraction of sp³-hybridized carbons (Fsp3) is 0.211. The standard InChI is InChI=1S/C19H20N6O2/c1-13(26)20-18-17(19(27)25(23-18)16-7-5-4-6-8-16)22-21-14-9-11-15(12-10-14)24(2)3/h4-12,17H,1-3H3,(H,20,23,26)/t17-/m0/s1. The minimum atomic E-state index is -0.998. The summed E-state index contributed by atoms with van der Waals surface area (Å²) in [7, 11) is 3.89. The number of hydrazone groups is 1. The molecule has 0 fully saturated rings. The molecule has 1 aliphatic rings. The van der Waals surface area contributed by atoms with E-state index < -0.39 is 6.04 Å². The number of hydrogen-bond acceptors (Lipinski definition) is 6. The Morgan fingerprint density at radius 3 is 2.37 bits per heavy atom. The summed E-state index contributed by atoms with van der Waals surface area (Å²) in [4.78, 5) is 26.2. The fourth-order valence-electron chi connectivity index (χ4n) is 2.52. The van der Waals surface area contributed by atoms with E-state index in [1.54, 1.807) is 24.3 Å². The Morgan fingerprint density at radius 2 is 1.78 bits per heavy atom. The monoisotopic (exact) mass is 364 g/mol. The van der Waals surface area contributed by atoms with Gasteiger partial charge in [-0.15, -0.1) is 5.10 Å². The van der Waals surface area contributed by atoms with Gasteiger partial charge in [0, 0.05) is 26.7 Å². The zero-order valence-corrected chi connectivity index (χ0v) is 15.3. The molecule has 0 bridgehead atoms. The van der Waals surface area contributed by atoms with E-state index in [0.29, 0.717) is 11.4 Å². The molecule has 2 aromatic carbocycles. The lowest BCUT2D eigenvalue weighted by atomic mass is 10.2. The van der Waals surface area contributed by atoms with Crippen molar-refractivity contribution in [2.24, 2.45) is 15.3 Å². The van der Waals surface area contributed by atoms with Crippen LogP contribution in [0.5, 0.6) is 0 Å². The van der Waals surface area contributed by atoms with Crippen molar-refractivity contribution < 1.29 is 9.59 Å². The highest BCUT2D eigenvalue weighted by atomic mass is 16.2. The first-order chi connectivity index (χ1) is 13.0. The first kappa shape index (κ1) is 18.2. The molecular formula is C19H20N6O2. The highest BCUT2D eigenvalue weighted by molar-refractivity contribution is 6.21. The van der Waals surface area contributed by atoms with Gasteiger partial charge in [-0.05, 0) is 36.4 Å². The van der Waals surface area contributed by atoms with Crippen LogP contribution in [-0.2, 0) is 9.59 Å². The lowest BCUT2D eigenvalue weighted by Crippen LogP contribution is -2.38. The molecule has 138 valence electrons. The second-order valence-corrected chi connectivity index (χ2v) is 6.18. The summed E-state index contributed by atoms with van der Waals surface area (Å²) in [5.74, 6) is -0.546. The maximum Gasteiger partial charge on any atom is 0.282 e. The van der Waals surface area contributed by atoms with Crippen LogP contribution in [-0.4, -0.2) is 37.8 Å². The number of carbonyl (C=O) groups is 2. The zero-order valence-electron chi connectivity index (χ0n) is 15.3. The van der Waals surface area contributed by atoms with Crippen LogP contribution in [0.25, 0.3) is 0 Å². The molecule has 0 saturated carbocycles. The Balaban J connectivity index is 1.85. The number of amides is 2. The van der Waals surface area contributed by atoms with Crippen LogP contribution in [0.1, 0.15) is 6.92 Å². The number of nitrogens with one attached hydrogen (secondary N) is 1. The Labute approximate surface area is 157 Å². The molecule has 2 aromatic rings. The summed E-state index contributed by atoms with van der Waals surface area (Å²) in [6, 6.07) is 15.4. The number of para-hydroxylation sites is 1. The minimum Gasteiger partial charge on any atom is -0.378 e. The zero-order chi connectivity index (χ0) is 19.4. The fourth-order valence-corrected chi connectivity index (χ4v) is 2.52. The van der Waals surface area contributed by atoms with E-state index in [0.717, 1.165) is 5.69 Å². The smallest absolute Gasteiger partial charge is 0.282 e. The van der Waals surface area contributed by atoms with E-state index in [-0.39, 0.29) is 17.6 Å². The Hall–Kier alpha value is -3.55. The molecule has 27 heavy (non-hydrogen) atoms. The van der Waals surface area contributed by atoms with Gasteiger partial charge in [-0.3, -0.25) is 9.59 Å². The van der Waals surface area contributed by atoms with Crippen LogP contribution >= 0.6 is 0 Å². The van der Waals surface area contributed by atoms with Crippen molar-refractivity contribution >= 4 is 34.7 Å². The topological polar surface area (TPSA) is 89.7 Å². The summed E-state index contributed by atoms with van der Waals surface area (Å²) in [6.07, 6.45) is 0. The van der Waals surface area contributed by atoms with E-state index in [1.165, 1.54) is 11.9 Å². The van der Waals surface area contributed by atoms with Gasteiger partial charge in [0.15, 0.2) is 5.84 Å². The third-order valence-corrected chi connectivity index (χ3v) is 3.87. The Bertz CT molecular complexity index is 890. The van der Waals surface area contributed by atoms with Crippen LogP contribution in [0.15, 0.2) is 69.9 Å². The largest absolute Gasteiger partial charge is 0.378 e. The predicted octanol–water partition coefficient (Wildman–Crippen LogP) is 2.70. The molecule has 1 aliphatic heterocycles. The number of rotatable bonds is 4. The van der Waals surface area contributed by atoms with Gasteiger partial charge in [-0.1, -0.05) is 18.2 Å². The van der Waals surface area contributed by atoms with Gasteiger partial charge < -0.3 is 10.2 Å². The summed E-state index contributed by atoms with van der Waals surface area (Å²) in [6.45, 7) is 1.35. The molecule has 0 radical (unpaired) electrons. The maximum atomic E-state index is 12.8. The quantitative estimate of drug-likeness (QED) is 0.846. The number of amidine groups is 1. The second-order valence-electron chi connectivity index (χ2n) is 6.18. The van der Waals surface area contributed by atoms with E-state index >= 15 is 0 Å². The highest BCUT2D eigenvalue weighted by Crippen LogP contribution is 2.23. The van der Waals surface area contributed by atoms with Gasteiger partial charge in [0.05, 0.1) is 11.4 Å². The van der Waals surface area contributed by atoms with Gasteiger partial charge in [0.25, 0.3) is 5.91 Å². The van der Waals surface area contributed by atoms with Gasteiger partial charge in [0.1, 0.15) is 0 Å². The van der Waals surface area contributed by atoms with E-state index in [4.69, 9.17) is 0 Å². The normalized spacial score (nSPS) is 16.6. The maximum absolute atomic E-state index is 12.8. The highest BCUT2D eigenvalue weighted by Gasteiger charge is 2.37. The molecule has 8 heteroatoms. The number of benzene rings is 2. The van der Waals surface area contributed by atoms with Crippen molar-refractivity contribution in [1.82, 2.24) is 5.32 Å². The molecule has 0 unspecified atom stereocenters.